The van der Waals surface area contributed by atoms with E-state index in [1.807, 2.05) is 0 Å². The van der Waals surface area contributed by atoms with Gasteiger partial charge in [0.15, 0.2) is 0 Å². The first-order valence-electron chi connectivity index (χ1n) is 9.94. The molecule has 0 aliphatic carbocycles. The van der Waals surface area contributed by atoms with E-state index in [1.165, 1.54) is 11.0 Å². The summed E-state index contributed by atoms with van der Waals surface area (Å²) in [6.45, 7) is 2.20. The van der Waals surface area contributed by atoms with Crippen LogP contribution in [0, 0.1) is 0 Å². The molecule has 0 aliphatic rings. The lowest BCUT2D eigenvalue weighted by Crippen LogP contribution is -2.29. The Hall–Kier alpha value is -2.50. The van der Waals surface area contributed by atoms with Crippen LogP contribution >= 0.6 is 46.4 Å². The number of carbonyl (C=O) groups is 2. The average Bonchev–Trinajstić information content (AvgIpc) is 2.78. The van der Waals surface area contributed by atoms with E-state index in [9.17, 15) is 9.59 Å². The van der Waals surface area contributed by atoms with Crippen molar-refractivity contribution < 1.29 is 14.3 Å². The molecular weight excluding hydrogens is 504 g/mol. The van der Waals surface area contributed by atoms with Crippen molar-refractivity contribution in [1.29, 1.82) is 0 Å². The first-order valence-corrected chi connectivity index (χ1v) is 11.5. The van der Waals surface area contributed by atoms with Crippen molar-refractivity contribution >= 4 is 70.0 Å². The van der Waals surface area contributed by atoms with E-state index in [1.54, 1.807) is 73.7 Å². The molecule has 33 heavy (non-hydrogen) atoms. The molecular formula is C25H19Cl4NO3. The zero-order chi connectivity index (χ0) is 24.0. The highest BCUT2D eigenvalue weighted by molar-refractivity contribution is 6.36. The number of halogens is 4. The average molecular weight is 523 g/mol. The summed E-state index contributed by atoms with van der Waals surface area (Å²) in [6, 6.07) is 16.7. The summed E-state index contributed by atoms with van der Waals surface area (Å²) in [4.78, 5) is 26.7. The second-order valence-corrected chi connectivity index (χ2v) is 8.61. The van der Waals surface area contributed by atoms with E-state index in [4.69, 9.17) is 51.1 Å². The lowest BCUT2D eigenvalue weighted by Gasteiger charge is -2.22. The highest BCUT2D eigenvalue weighted by Crippen LogP contribution is 2.26. The molecule has 0 aliphatic heterocycles. The van der Waals surface area contributed by atoms with Gasteiger partial charge < -0.3 is 9.64 Å². The fraction of sp³-hybridized carbons (Fsp3) is 0.120. The summed E-state index contributed by atoms with van der Waals surface area (Å²) in [5.74, 6) is -0.740. The van der Waals surface area contributed by atoms with Crippen LogP contribution in [0.3, 0.4) is 0 Å². The van der Waals surface area contributed by atoms with Gasteiger partial charge in [-0.2, -0.15) is 0 Å². The summed E-state index contributed by atoms with van der Waals surface area (Å²) in [5.41, 5.74) is 2.32. The molecule has 4 nitrogen and oxygen atoms in total. The van der Waals surface area contributed by atoms with Crippen LogP contribution < -0.4 is 4.90 Å². The Morgan fingerprint density at radius 3 is 2.12 bits per heavy atom. The number of hydrogen-bond acceptors (Lipinski definition) is 3. The van der Waals surface area contributed by atoms with Gasteiger partial charge in [0.05, 0.1) is 18.7 Å². The lowest BCUT2D eigenvalue weighted by atomic mass is 10.1. The molecule has 0 atom stereocenters. The maximum absolute atomic E-state index is 13.2. The molecule has 0 unspecified atom stereocenters. The molecule has 3 aromatic rings. The molecule has 0 N–H and O–H groups in total. The standard InChI is InChI=1S/C25H19Cl4NO3/c1-2-33-25(32)17-5-10-21(11-6-17)30(15-18-4-9-20(27)14-23(18)29)24(31)12-7-16-3-8-19(26)13-22(16)28/h3-14H,2,15H2,1H3/b12-7+. The third kappa shape index (κ3) is 6.75. The van der Waals surface area contributed by atoms with Crippen molar-refractivity contribution in [2.75, 3.05) is 11.5 Å². The molecule has 0 spiro atoms. The second kappa shape index (κ2) is 11.6. The van der Waals surface area contributed by atoms with Crippen LogP contribution in [0.15, 0.2) is 66.7 Å². The van der Waals surface area contributed by atoms with Gasteiger partial charge in [-0.25, -0.2) is 4.79 Å². The summed E-state index contributed by atoms with van der Waals surface area (Å²) in [7, 11) is 0. The van der Waals surface area contributed by atoms with Gasteiger partial charge in [0, 0.05) is 31.9 Å². The Balaban J connectivity index is 1.93. The van der Waals surface area contributed by atoms with Gasteiger partial charge in [-0.3, -0.25) is 4.79 Å². The van der Waals surface area contributed by atoms with Crippen LogP contribution in [0.2, 0.25) is 20.1 Å². The maximum atomic E-state index is 13.2. The Morgan fingerprint density at radius 2 is 1.52 bits per heavy atom. The maximum Gasteiger partial charge on any atom is 0.338 e. The zero-order valence-corrected chi connectivity index (χ0v) is 20.5. The predicted octanol–water partition coefficient (Wildman–Crippen LogP) is 7.72. The first kappa shape index (κ1) is 25.1. The number of esters is 1. The van der Waals surface area contributed by atoms with E-state index in [0.717, 1.165) is 0 Å². The zero-order valence-electron chi connectivity index (χ0n) is 17.5. The highest BCUT2D eigenvalue weighted by atomic mass is 35.5. The second-order valence-electron chi connectivity index (χ2n) is 6.93. The van der Waals surface area contributed by atoms with Gasteiger partial charge in [-0.15, -0.1) is 0 Å². The summed E-state index contributed by atoms with van der Waals surface area (Å²) >= 11 is 24.5. The van der Waals surface area contributed by atoms with Crippen molar-refractivity contribution in [3.05, 3.63) is 104 Å². The minimum absolute atomic E-state index is 0.187. The number of ether oxygens (including phenoxy) is 1. The molecule has 170 valence electrons. The first-order chi connectivity index (χ1) is 15.8. The molecule has 3 aromatic carbocycles. The Labute approximate surface area is 212 Å². The number of benzene rings is 3. The minimum Gasteiger partial charge on any atom is -0.462 e. The van der Waals surface area contributed by atoms with Crippen molar-refractivity contribution in [3.8, 4) is 0 Å². The lowest BCUT2D eigenvalue weighted by molar-refractivity contribution is -0.114. The molecule has 8 heteroatoms. The van der Waals surface area contributed by atoms with Crippen LogP contribution in [0.5, 0.6) is 0 Å². The smallest absolute Gasteiger partial charge is 0.338 e. The molecule has 1 amide bonds. The molecule has 0 aromatic heterocycles. The summed E-state index contributed by atoms with van der Waals surface area (Å²) < 4.78 is 5.02. The number of carbonyl (C=O) groups excluding carboxylic acids is 2. The number of anilines is 1. The monoisotopic (exact) mass is 521 g/mol. The van der Waals surface area contributed by atoms with Gasteiger partial charge in [0.2, 0.25) is 0 Å². The van der Waals surface area contributed by atoms with E-state index in [-0.39, 0.29) is 19.1 Å². The Morgan fingerprint density at radius 1 is 0.879 bits per heavy atom. The predicted molar refractivity (Wildman–Crippen MR) is 136 cm³/mol. The number of rotatable bonds is 7. The SMILES string of the molecule is CCOC(=O)c1ccc(N(Cc2ccc(Cl)cc2Cl)C(=O)/C=C/c2ccc(Cl)cc2Cl)cc1. The van der Waals surface area contributed by atoms with E-state index >= 15 is 0 Å². The van der Waals surface area contributed by atoms with Crippen molar-refractivity contribution in [3.63, 3.8) is 0 Å². The van der Waals surface area contributed by atoms with Crippen molar-refractivity contribution in [2.24, 2.45) is 0 Å². The van der Waals surface area contributed by atoms with Gasteiger partial charge in [-0.1, -0.05) is 58.5 Å². The third-order valence-corrected chi connectivity index (χ3v) is 5.82. The van der Waals surface area contributed by atoms with Gasteiger partial charge in [-0.05, 0) is 72.7 Å². The van der Waals surface area contributed by atoms with Crippen LogP contribution in [0.25, 0.3) is 6.08 Å². The highest BCUT2D eigenvalue weighted by Gasteiger charge is 2.17. The fourth-order valence-corrected chi connectivity index (χ4v) is 3.94. The number of amides is 1. The van der Waals surface area contributed by atoms with Crippen molar-refractivity contribution in [1.82, 2.24) is 0 Å². The van der Waals surface area contributed by atoms with Crippen LogP contribution in [0.1, 0.15) is 28.4 Å². The molecule has 0 saturated carbocycles. The van der Waals surface area contributed by atoms with Gasteiger partial charge in [0.1, 0.15) is 0 Å². The fourth-order valence-electron chi connectivity index (χ4n) is 3.00. The van der Waals surface area contributed by atoms with E-state index in [2.05, 4.69) is 0 Å². The normalized spacial score (nSPS) is 10.9. The molecule has 0 heterocycles. The van der Waals surface area contributed by atoms with Crippen LogP contribution in [-0.2, 0) is 16.1 Å². The van der Waals surface area contributed by atoms with Crippen molar-refractivity contribution in [2.45, 2.75) is 13.5 Å². The van der Waals surface area contributed by atoms with E-state index < -0.39 is 5.97 Å². The van der Waals surface area contributed by atoms with Gasteiger partial charge in [0.25, 0.3) is 5.91 Å². The van der Waals surface area contributed by atoms with E-state index in [0.29, 0.717) is 42.5 Å². The summed E-state index contributed by atoms with van der Waals surface area (Å²) in [5, 5.41) is 1.87. The van der Waals surface area contributed by atoms with Crippen LogP contribution in [0.4, 0.5) is 5.69 Å². The Kier molecular flexibility index (Phi) is 8.81. The third-order valence-electron chi connectivity index (χ3n) is 4.67. The van der Waals surface area contributed by atoms with Crippen LogP contribution in [-0.4, -0.2) is 18.5 Å². The molecule has 0 radical (unpaired) electrons. The molecule has 3 rings (SSSR count). The number of nitrogens with zero attached hydrogens (tertiary/aromatic N) is 1. The molecule has 0 fully saturated rings. The topological polar surface area (TPSA) is 46.6 Å². The molecule has 0 bridgehead atoms. The Bertz CT molecular complexity index is 1190. The molecule has 0 saturated heterocycles. The number of hydrogen-bond donors (Lipinski definition) is 0. The van der Waals surface area contributed by atoms with Gasteiger partial charge >= 0.3 is 5.97 Å². The summed E-state index contributed by atoms with van der Waals surface area (Å²) in [6.07, 6.45) is 3.03. The quantitative estimate of drug-likeness (QED) is 0.235. The minimum atomic E-state index is -0.431. The largest absolute Gasteiger partial charge is 0.462 e.